The number of carbonyl (C=O) groups is 2. The number of Topliss-reactive ketones (excluding diaryl/α,β-unsaturated/α-hetero) is 1. The Kier molecular flexibility index (Phi) is 5.78. The quantitative estimate of drug-likeness (QED) is 0.729. The first kappa shape index (κ1) is 19.3. The van der Waals surface area contributed by atoms with Crippen molar-refractivity contribution >= 4 is 17.5 Å². The van der Waals surface area contributed by atoms with Crippen LogP contribution in [0.3, 0.4) is 0 Å². The molecule has 0 saturated heterocycles. The summed E-state index contributed by atoms with van der Waals surface area (Å²) < 4.78 is 11.0. The first-order valence-corrected chi connectivity index (χ1v) is 9.67. The molecule has 1 aliphatic carbocycles. The minimum atomic E-state index is -0.578. The summed E-state index contributed by atoms with van der Waals surface area (Å²) in [4.78, 5) is 30.3. The molecule has 0 unspecified atom stereocenters. The van der Waals surface area contributed by atoms with Gasteiger partial charge in [-0.1, -0.05) is 12.1 Å². The zero-order chi connectivity index (χ0) is 19.6. The van der Waals surface area contributed by atoms with Gasteiger partial charge in [-0.15, -0.1) is 0 Å². The van der Waals surface area contributed by atoms with Crippen LogP contribution in [0, 0.1) is 5.92 Å². The molecule has 1 aliphatic heterocycles. The molecule has 0 fully saturated rings. The molecule has 0 amide bonds. The van der Waals surface area contributed by atoms with Gasteiger partial charge in [0.25, 0.3) is 0 Å². The van der Waals surface area contributed by atoms with E-state index in [4.69, 9.17) is 9.47 Å². The van der Waals surface area contributed by atoms with Crippen molar-refractivity contribution in [2.75, 3.05) is 6.61 Å². The van der Waals surface area contributed by atoms with Gasteiger partial charge >= 0.3 is 5.97 Å². The Hall–Kier alpha value is -2.43. The molecule has 1 aromatic carbocycles. The SMILES string of the molecule is CCOc1ccc([C@@H]2C3=C(CCCC3=O)N=C(C)[C@H]2C(=O)OC(C)C)cc1. The van der Waals surface area contributed by atoms with Gasteiger partial charge in [0.15, 0.2) is 5.78 Å². The number of hydrogen-bond acceptors (Lipinski definition) is 5. The number of ether oxygens (including phenoxy) is 2. The summed E-state index contributed by atoms with van der Waals surface area (Å²) in [5.41, 5.74) is 3.15. The predicted octanol–water partition coefficient (Wildman–Crippen LogP) is 4.22. The zero-order valence-electron chi connectivity index (χ0n) is 16.5. The molecule has 5 nitrogen and oxygen atoms in total. The van der Waals surface area contributed by atoms with E-state index in [0.29, 0.717) is 24.3 Å². The summed E-state index contributed by atoms with van der Waals surface area (Å²) in [5, 5.41) is 0. The van der Waals surface area contributed by atoms with Crippen molar-refractivity contribution in [3.63, 3.8) is 0 Å². The molecule has 0 N–H and O–H groups in total. The first-order valence-electron chi connectivity index (χ1n) is 9.67. The zero-order valence-corrected chi connectivity index (χ0v) is 16.5. The number of ketones is 1. The van der Waals surface area contributed by atoms with Crippen LogP contribution in [-0.4, -0.2) is 30.2 Å². The highest BCUT2D eigenvalue weighted by Gasteiger charge is 2.43. The molecule has 27 heavy (non-hydrogen) atoms. The molecule has 2 atom stereocenters. The van der Waals surface area contributed by atoms with Crippen LogP contribution in [0.25, 0.3) is 0 Å². The number of aliphatic imine (C=N–C) groups is 1. The summed E-state index contributed by atoms with van der Waals surface area (Å²) in [7, 11) is 0. The molecule has 0 radical (unpaired) electrons. The summed E-state index contributed by atoms with van der Waals surface area (Å²) in [6.07, 6.45) is 1.87. The van der Waals surface area contributed by atoms with Crippen molar-refractivity contribution in [2.24, 2.45) is 10.9 Å². The van der Waals surface area contributed by atoms with Crippen LogP contribution in [0.1, 0.15) is 58.4 Å². The van der Waals surface area contributed by atoms with Gasteiger partial charge in [-0.05, 0) is 58.2 Å². The van der Waals surface area contributed by atoms with Crippen molar-refractivity contribution in [1.29, 1.82) is 0 Å². The average Bonchev–Trinajstić information content (AvgIpc) is 2.61. The first-order chi connectivity index (χ1) is 12.9. The molecular formula is C22H27NO4. The van der Waals surface area contributed by atoms with Gasteiger partial charge in [0.05, 0.1) is 12.7 Å². The summed E-state index contributed by atoms with van der Waals surface area (Å²) in [6, 6.07) is 7.66. The lowest BCUT2D eigenvalue weighted by Gasteiger charge is -2.34. The lowest BCUT2D eigenvalue weighted by Crippen LogP contribution is -2.38. The molecule has 3 rings (SSSR count). The normalized spacial score (nSPS) is 22.4. The van der Waals surface area contributed by atoms with Gasteiger partial charge in [-0.25, -0.2) is 0 Å². The Labute approximate surface area is 160 Å². The Balaban J connectivity index is 2.07. The Morgan fingerprint density at radius 3 is 2.56 bits per heavy atom. The number of esters is 1. The van der Waals surface area contributed by atoms with Crippen LogP contribution in [0.2, 0.25) is 0 Å². The van der Waals surface area contributed by atoms with E-state index in [-0.39, 0.29) is 23.8 Å². The van der Waals surface area contributed by atoms with Crippen LogP contribution >= 0.6 is 0 Å². The van der Waals surface area contributed by atoms with Crippen molar-refractivity contribution in [3.05, 3.63) is 41.1 Å². The molecule has 5 heteroatoms. The minimum absolute atomic E-state index is 0.0914. The van der Waals surface area contributed by atoms with Crippen LogP contribution in [0.15, 0.2) is 40.5 Å². The maximum atomic E-state index is 12.9. The molecule has 1 aromatic rings. The smallest absolute Gasteiger partial charge is 0.315 e. The third kappa shape index (κ3) is 3.97. The maximum absolute atomic E-state index is 12.9. The standard InChI is InChI=1S/C22H27NO4/c1-5-26-16-11-9-15(10-12-16)20-19(22(25)27-13(2)3)14(4)23-17-7-6-8-18(24)21(17)20/h9-13,19-20H,5-8H2,1-4H3/t19-,20+/m1/s1. The number of benzene rings is 1. The summed E-state index contributed by atoms with van der Waals surface area (Å²) >= 11 is 0. The van der Waals surface area contributed by atoms with E-state index in [1.54, 1.807) is 0 Å². The highest BCUT2D eigenvalue weighted by molar-refractivity contribution is 6.08. The van der Waals surface area contributed by atoms with Crippen LogP contribution in [0.5, 0.6) is 5.75 Å². The number of allylic oxidation sites excluding steroid dienone is 2. The Morgan fingerprint density at radius 1 is 1.22 bits per heavy atom. The van der Waals surface area contributed by atoms with Crippen molar-refractivity contribution in [3.8, 4) is 5.75 Å². The maximum Gasteiger partial charge on any atom is 0.315 e. The summed E-state index contributed by atoms with van der Waals surface area (Å²) in [6.45, 7) is 8.04. The lowest BCUT2D eigenvalue weighted by atomic mass is 9.72. The van der Waals surface area contributed by atoms with E-state index in [2.05, 4.69) is 4.99 Å². The molecule has 2 aliphatic rings. The second kappa shape index (κ2) is 8.07. The molecule has 144 valence electrons. The van der Waals surface area contributed by atoms with Gasteiger partial charge in [-0.2, -0.15) is 0 Å². The third-order valence-electron chi connectivity index (χ3n) is 4.99. The van der Waals surface area contributed by atoms with E-state index in [1.807, 2.05) is 52.0 Å². The second-order valence-electron chi connectivity index (χ2n) is 7.33. The van der Waals surface area contributed by atoms with Gasteiger partial charge in [0, 0.05) is 29.3 Å². The van der Waals surface area contributed by atoms with Gasteiger partial charge in [0.2, 0.25) is 0 Å². The van der Waals surface area contributed by atoms with Crippen molar-refractivity contribution in [1.82, 2.24) is 0 Å². The molecule has 0 saturated carbocycles. The lowest BCUT2D eigenvalue weighted by molar-refractivity contribution is -0.150. The van der Waals surface area contributed by atoms with E-state index in [9.17, 15) is 9.59 Å². The van der Waals surface area contributed by atoms with E-state index in [0.717, 1.165) is 29.9 Å². The fraction of sp³-hybridized carbons (Fsp3) is 0.500. The summed E-state index contributed by atoms with van der Waals surface area (Å²) in [5.74, 6) is -0.393. The Morgan fingerprint density at radius 2 is 1.93 bits per heavy atom. The molecule has 0 aromatic heterocycles. The highest BCUT2D eigenvalue weighted by Crippen LogP contribution is 2.43. The van der Waals surface area contributed by atoms with Gasteiger partial charge < -0.3 is 9.47 Å². The largest absolute Gasteiger partial charge is 0.494 e. The molecular weight excluding hydrogens is 342 g/mol. The third-order valence-corrected chi connectivity index (χ3v) is 4.99. The van der Waals surface area contributed by atoms with Crippen LogP contribution in [0.4, 0.5) is 0 Å². The fourth-order valence-electron chi connectivity index (χ4n) is 3.92. The van der Waals surface area contributed by atoms with E-state index >= 15 is 0 Å². The monoisotopic (exact) mass is 369 g/mol. The Bertz CT molecular complexity index is 789. The number of rotatable bonds is 5. The van der Waals surface area contributed by atoms with E-state index in [1.165, 1.54) is 0 Å². The molecule has 1 heterocycles. The van der Waals surface area contributed by atoms with Crippen molar-refractivity contribution in [2.45, 2.75) is 59.0 Å². The van der Waals surface area contributed by atoms with Gasteiger partial charge in [0.1, 0.15) is 11.7 Å². The number of carbonyl (C=O) groups excluding carboxylic acids is 2. The van der Waals surface area contributed by atoms with Gasteiger partial charge in [-0.3, -0.25) is 14.6 Å². The topological polar surface area (TPSA) is 65.0 Å². The van der Waals surface area contributed by atoms with Crippen LogP contribution < -0.4 is 4.74 Å². The average molecular weight is 369 g/mol. The second-order valence-corrected chi connectivity index (χ2v) is 7.33. The van der Waals surface area contributed by atoms with Crippen LogP contribution in [-0.2, 0) is 14.3 Å². The predicted molar refractivity (Wildman–Crippen MR) is 104 cm³/mol. The van der Waals surface area contributed by atoms with Crippen molar-refractivity contribution < 1.29 is 19.1 Å². The molecule has 0 spiro atoms. The minimum Gasteiger partial charge on any atom is -0.494 e. The highest BCUT2D eigenvalue weighted by atomic mass is 16.5. The fourth-order valence-corrected chi connectivity index (χ4v) is 3.92. The number of hydrogen-bond donors (Lipinski definition) is 0. The molecule has 0 bridgehead atoms. The van der Waals surface area contributed by atoms with E-state index < -0.39 is 5.92 Å². The number of nitrogens with zero attached hydrogens (tertiary/aromatic N) is 1.